The highest BCUT2D eigenvalue weighted by molar-refractivity contribution is 7.13. The Hall–Kier alpha value is -2.60. The summed E-state index contributed by atoms with van der Waals surface area (Å²) >= 11 is 1.72. The van der Waals surface area contributed by atoms with Crippen LogP contribution in [0.2, 0.25) is 0 Å². The molecule has 1 aliphatic rings. The van der Waals surface area contributed by atoms with E-state index in [1.165, 1.54) is 16.0 Å². The number of aryl methyl sites for hydroxylation is 1. The quantitative estimate of drug-likeness (QED) is 0.734. The SMILES string of the molecule is Cc1csc(-c2nn(-c3ccc(C(=O)O)cc3)c3c2CCCCN3)c1. The van der Waals surface area contributed by atoms with Crippen LogP contribution < -0.4 is 5.32 Å². The van der Waals surface area contributed by atoms with Gasteiger partial charge in [-0.2, -0.15) is 5.10 Å². The zero-order valence-electron chi connectivity index (χ0n) is 14.0. The molecule has 0 unspecified atom stereocenters. The molecule has 0 bridgehead atoms. The van der Waals surface area contributed by atoms with E-state index in [-0.39, 0.29) is 5.56 Å². The summed E-state index contributed by atoms with van der Waals surface area (Å²) in [7, 11) is 0. The summed E-state index contributed by atoms with van der Waals surface area (Å²) in [5.41, 5.74) is 4.68. The maximum atomic E-state index is 11.1. The van der Waals surface area contributed by atoms with Gasteiger partial charge in [0.15, 0.2) is 0 Å². The Labute approximate surface area is 149 Å². The Kier molecular flexibility index (Phi) is 4.05. The molecular weight excluding hydrogens is 334 g/mol. The largest absolute Gasteiger partial charge is 0.478 e. The number of benzene rings is 1. The van der Waals surface area contributed by atoms with E-state index in [2.05, 4.69) is 23.7 Å². The van der Waals surface area contributed by atoms with Crippen LogP contribution >= 0.6 is 11.3 Å². The van der Waals surface area contributed by atoms with Gasteiger partial charge in [0.05, 0.1) is 16.1 Å². The molecule has 0 amide bonds. The highest BCUT2D eigenvalue weighted by Gasteiger charge is 2.22. The number of hydrogen-bond acceptors (Lipinski definition) is 4. The van der Waals surface area contributed by atoms with Gasteiger partial charge >= 0.3 is 5.97 Å². The summed E-state index contributed by atoms with van der Waals surface area (Å²) in [6.07, 6.45) is 3.28. The number of aromatic carboxylic acids is 1. The van der Waals surface area contributed by atoms with Gasteiger partial charge in [-0.05, 0) is 67.5 Å². The smallest absolute Gasteiger partial charge is 0.335 e. The van der Waals surface area contributed by atoms with Crippen molar-refractivity contribution in [1.29, 1.82) is 0 Å². The Morgan fingerprint density at radius 3 is 2.76 bits per heavy atom. The van der Waals surface area contributed by atoms with Gasteiger partial charge in [-0.3, -0.25) is 0 Å². The summed E-state index contributed by atoms with van der Waals surface area (Å²) in [6, 6.07) is 9.05. The number of hydrogen-bond donors (Lipinski definition) is 2. The molecule has 0 atom stereocenters. The molecule has 3 aromatic rings. The molecule has 0 saturated carbocycles. The zero-order chi connectivity index (χ0) is 17.4. The lowest BCUT2D eigenvalue weighted by Gasteiger charge is -2.09. The minimum atomic E-state index is -0.918. The van der Waals surface area contributed by atoms with Crippen LogP contribution in [0.5, 0.6) is 0 Å². The molecule has 0 radical (unpaired) electrons. The van der Waals surface area contributed by atoms with Crippen molar-refractivity contribution in [3.63, 3.8) is 0 Å². The van der Waals surface area contributed by atoms with Gasteiger partial charge in [-0.1, -0.05) is 0 Å². The third-order valence-electron chi connectivity index (χ3n) is 4.45. The summed E-state index contributed by atoms with van der Waals surface area (Å²) in [5, 5.41) is 19.6. The molecule has 1 aromatic carbocycles. The highest BCUT2D eigenvalue weighted by atomic mass is 32.1. The number of carboxylic acids is 1. The number of nitrogens with one attached hydrogen (secondary N) is 1. The van der Waals surface area contributed by atoms with E-state index in [1.807, 2.05) is 16.8 Å². The first-order chi connectivity index (χ1) is 12.1. The van der Waals surface area contributed by atoms with E-state index >= 15 is 0 Å². The lowest BCUT2D eigenvalue weighted by atomic mass is 10.1. The number of carboxylic acid groups (broad SMARTS) is 1. The second-order valence-electron chi connectivity index (χ2n) is 6.31. The third kappa shape index (κ3) is 2.93. The molecule has 2 aromatic heterocycles. The van der Waals surface area contributed by atoms with Crippen molar-refractivity contribution in [1.82, 2.24) is 9.78 Å². The number of aromatic nitrogens is 2. The van der Waals surface area contributed by atoms with Gasteiger partial charge in [0.25, 0.3) is 0 Å². The topological polar surface area (TPSA) is 67.2 Å². The van der Waals surface area contributed by atoms with Crippen molar-refractivity contribution in [3.8, 4) is 16.3 Å². The van der Waals surface area contributed by atoms with Crippen LogP contribution in [0.4, 0.5) is 5.82 Å². The van der Waals surface area contributed by atoms with Crippen LogP contribution in [0.1, 0.15) is 34.3 Å². The Morgan fingerprint density at radius 2 is 2.08 bits per heavy atom. The third-order valence-corrected chi connectivity index (χ3v) is 5.51. The average molecular weight is 353 g/mol. The fourth-order valence-electron chi connectivity index (χ4n) is 3.19. The van der Waals surface area contributed by atoms with Crippen LogP contribution in [0.25, 0.3) is 16.3 Å². The van der Waals surface area contributed by atoms with Crippen molar-refractivity contribution in [2.45, 2.75) is 26.2 Å². The molecule has 25 heavy (non-hydrogen) atoms. The monoisotopic (exact) mass is 353 g/mol. The van der Waals surface area contributed by atoms with Crippen LogP contribution in [0.3, 0.4) is 0 Å². The molecule has 0 spiro atoms. The zero-order valence-corrected chi connectivity index (χ0v) is 14.8. The lowest BCUT2D eigenvalue weighted by Crippen LogP contribution is -2.07. The number of anilines is 1. The molecule has 128 valence electrons. The first kappa shape index (κ1) is 15.9. The lowest BCUT2D eigenvalue weighted by molar-refractivity contribution is 0.0697. The Balaban J connectivity index is 1.84. The first-order valence-electron chi connectivity index (χ1n) is 8.38. The van der Waals surface area contributed by atoms with E-state index in [0.717, 1.165) is 43.0 Å². The second-order valence-corrected chi connectivity index (χ2v) is 7.22. The molecule has 6 heteroatoms. The number of fused-ring (bicyclic) bond motifs is 1. The summed E-state index contributed by atoms with van der Waals surface area (Å²) < 4.78 is 1.91. The first-order valence-corrected chi connectivity index (χ1v) is 9.26. The van der Waals surface area contributed by atoms with Crippen LogP contribution in [-0.2, 0) is 6.42 Å². The number of carbonyl (C=O) groups is 1. The van der Waals surface area contributed by atoms with Crippen molar-refractivity contribution in [2.75, 3.05) is 11.9 Å². The van der Waals surface area contributed by atoms with Crippen molar-refractivity contribution < 1.29 is 9.90 Å². The van der Waals surface area contributed by atoms with Crippen molar-refractivity contribution >= 4 is 23.1 Å². The van der Waals surface area contributed by atoms with E-state index in [9.17, 15) is 4.79 Å². The predicted octanol–water partition coefficient (Wildman–Crippen LogP) is 4.36. The highest BCUT2D eigenvalue weighted by Crippen LogP contribution is 2.36. The summed E-state index contributed by atoms with van der Waals surface area (Å²) in [4.78, 5) is 12.3. The van der Waals surface area contributed by atoms with E-state index in [1.54, 1.807) is 23.5 Å². The number of nitrogens with zero attached hydrogens (tertiary/aromatic N) is 2. The fraction of sp³-hybridized carbons (Fsp3) is 0.263. The molecule has 0 saturated heterocycles. The molecule has 3 heterocycles. The Morgan fingerprint density at radius 1 is 1.28 bits per heavy atom. The van der Waals surface area contributed by atoms with Crippen molar-refractivity contribution in [2.24, 2.45) is 0 Å². The van der Waals surface area contributed by atoms with E-state index < -0.39 is 5.97 Å². The van der Waals surface area contributed by atoms with Gasteiger partial charge < -0.3 is 10.4 Å². The molecular formula is C19H19N3O2S. The van der Waals surface area contributed by atoms with Gasteiger partial charge in [0.2, 0.25) is 0 Å². The average Bonchev–Trinajstić information content (AvgIpc) is 3.10. The van der Waals surface area contributed by atoms with E-state index in [4.69, 9.17) is 10.2 Å². The maximum Gasteiger partial charge on any atom is 0.335 e. The summed E-state index contributed by atoms with van der Waals surface area (Å²) in [5.74, 6) is 0.111. The van der Waals surface area contributed by atoms with Gasteiger partial charge in [-0.15, -0.1) is 11.3 Å². The number of thiophene rings is 1. The molecule has 2 N–H and O–H groups in total. The molecule has 4 rings (SSSR count). The fourth-order valence-corrected chi connectivity index (χ4v) is 4.10. The predicted molar refractivity (Wildman–Crippen MR) is 100 cm³/mol. The minimum absolute atomic E-state index is 0.282. The van der Waals surface area contributed by atoms with Crippen molar-refractivity contribution in [3.05, 3.63) is 52.4 Å². The molecule has 0 fully saturated rings. The van der Waals surface area contributed by atoms with Crippen LogP contribution in [-0.4, -0.2) is 27.4 Å². The molecule has 0 aliphatic carbocycles. The minimum Gasteiger partial charge on any atom is -0.478 e. The van der Waals surface area contributed by atoms with Crippen LogP contribution in [0, 0.1) is 6.92 Å². The van der Waals surface area contributed by atoms with Gasteiger partial charge in [-0.25, -0.2) is 9.48 Å². The maximum absolute atomic E-state index is 11.1. The molecule has 5 nitrogen and oxygen atoms in total. The standard InChI is InChI=1S/C19H19N3O2S/c1-12-10-16(25-11-12)17-15-4-2-3-9-20-18(15)22(21-17)14-7-5-13(6-8-14)19(23)24/h5-8,10-11,20H,2-4,9H2,1H3,(H,23,24). The molecule has 1 aliphatic heterocycles. The summed E-state index contributed by atoms with van der Waals surface area (Å²) in [6.45, 7) is 3.02. The second kappa shape index (κ2) is 6.37. The Bertz CT molecular complexity index is 925. The van der Waals surface area contributed by atoms with Gasteiger partial charge in [0, 0.05) is 12.1 Å². The van der Waals surface area contributed by atoms with Gasteiger partial charge in [0.1, 0.15) is 11.5 Å². The number of rotatable bonds is 3. The van der Waals surface area contributed by atoms with Crippen LogP contribution in [0.15, 0.2) is 35.7 Å². The normalized spacial score (nSPS) is 13.8. The van der Waals surface area contributed by atoms with E-state index in [0.29, 0.717) is 0 Å².